The first-order valence-corrected chi connectivity index (χ1v) is 11.3. The third kappa shape index (κ3) is 4.17. The summed E-state index contributed by atoms with van der Waals surface area (Å²) in [7, 11) is 0. The van der Waals surface area contributed by atoms with Crippen molar-refractivity contribution in [2.24, 2.45) is 0 Å². The zero-order chi connectivity index (χ0) is 22.8. The van der Waals surface area contributed by atoms with Crippen LogP contribution in [0.4, 0.5) is 5.82 Å². The first-order valence-electron chi connectivity index (χ1n) is 11.3. The molecule has 2 N–H and O–H groups in total. The van der Waals surface area contributed by atoms with Gasteiger partial charge in [-0.25, -0.2) is 0 Å². The van der Waals surface area contributed by atoms with Crippen molar-refractivity contribution in [1.82, 2.24) is 14.7 Å². The number of H-pyrrole nitrogens is 1. The largest absolute Gasteiger partial charge is 0.381 e. The number of carbonyl (C=O) groups excluding carboxylic acids is 1. The number of ether oxygens (including phenoxy) is 1. The van der Waals surface area contributed by atoms with Crippen LogP contribution < -0.4 is 15.8 Å². The van der Waals surface area contributed by atoms with Crippen molar-refractivity contribution in [2.75, 3.05) is 24.7 Å². The highest BCUT2D eigenvalue weighted by molar-refractivity contribution is 5.98. The van der Waals surface area contributed by atoms with Gasteiger partial charge in [-0.3, -0.25) is 9.59 Å². The molecule has 0 aliphatic carbocycles. The summed E-state index contributed by atoms with van der Waals surface area (Å²) in [5.74, 6) is 0.881. The van der Waals surface area contributed by atoms with Crippen molar-refractivity contribution in [1.29, 1.82) is 0 Å². The number of hydrogen-bond acceptors (Lipinski definition) is 4. The predicted octanol–water partition coefficient (Wildman–Crippen LogP) is 3.49. The first-order chi connectivity index (χ1) is 15.4. The number of aromatic amines is 1. The van der Waals surface area contributed by atoms with E-state index in [9.17, 15) is 9.59 Å². The summed E-state index contributed by atoms with van der Waals surface area (Å²) >= 11 is 0. The molecular weight excluding hydrogens is 404 g/mol. The normalized spacial score (nSPS) is 14.6. The number of nitrogens with one attached hydrogen (secondary N) is 2. The number of amides is 1. The number of aromatic nitrogens is 2. The molecule has 4 heterocycles. The first kappa shape index (κ1) is 22.1. The van der Waals surface area contributed by atoms with Crippen LogP contribution in [-0.4, -0.2) is 41.1 Å². The van der Waals surface area contributed by atoms with E-state index in [0.717, 1.165) is 60.8 Å². The van der Waals surface area contributed by atoms with Crippen molar-refractivity contribution in [3.05, 3.63) is 68.8 Å². The number of fused-ring (bicyclic) bond motifs is 1. The van der Waals surface area contributed by atoms with Gasteiger partial charge in [0, 0.05) is 66.4 Å². The van der Waals surface area contributed by atoms with Gasteiger partial charge in [0.1, 0.15) is 5.82 Å². The van der Waals surface area contributed by atoms with Crippen molar-refractivity contribution < 1.29 is 9.53 Å². The van der Waals surface area contributed by atoms with Crippen LogP contribution in [0.25, 0.3) is 5.52 Å². The van der Waals surface area contributed by atoms with Gasteiger partial charge in [-0.1, -0.05) is 0 Å². The maximum absolute atomic E-state index is 13.3. The number of rotatable bonds is 6. The summed E-state index contributed by atoms with van der Waals surface area (Å²) in [6.07, 6.45) is 4.00. The minimum Gasteiger partial charge on any atom is -0.381 e. The van der Waals surface area contributed by atoms with Gasteiger partial charge in [0.25, 0.3) is 11.5 Å². The second kappa shape index (κ2) is 9.20. The van der Waals surface area contributed by atoms with Gasteiger partial charge in [-0.2, -0.15) is 0 Å². The zero-order valence-corrected chi connectivity index (χ0v) is 19.3. The fourth-order valence-corrected chi connectivity index (χ4v) is 4.79. The molecule has 0 bridgehead atoms. The van der Waals surface area contributed by atoms with Crippen LogP contribution in [0.3, 0.4) is 0 Å². The molecule has 0 spiro atoms. The summed E-state index contributed by atoms with van der Waals surface area (Å²) in [5, 5.41) is 2.97. The lowest BCUT2D eigenvalue weighted by Crippen LogP contribution is -2.41. The van der Waals surface area contributed by atoms with E-state index < -0.39 is 0 Å². The number of anilines is 1. The van der Waals surface area contributed by atoms with E-state index in [1.54, 1.807) is 0 Å². The average molecular weight is 437 g/mol. The molecule has 170 valence electrons. The summed E-state index contributed by atoms with van der Waals surface area (Å²) < 4.78 is 7.74. The second-order valence-electron chi connectivity index (χ2n) is 8.56. The Balaban J connectivity index is 1.68. The minimum atomic E-state index is -0.171. The summed E-state index contributed by atoms with van der Waals surface area (Å²) in [6, 6.07) is 8.26. The predicted molar refractivity (Wildman–Crippen MR) is 127 cm³/mol. The number of pyridine rings is 2. The standard InChI is InChI=1S/C25H32N4O3/c1-5-28(19-8-11-32-12-9-19)25-18(4)21(14-20-7-6-10-29(20)25)23(30)26-15-22-16(2)13-17(3)27-24(22)31/h6-7,10,13-14,19H,5,8-9,11-12,15H2,1-4H3,(H,26,30)(H,27,31). The third-order valence-corrected chi connectivity index (χ3v) is 6.45. The van der Waals surface area contributed by atoms with Crippen molar-refractivity contribution in [3.63, 3.8) is 0 Å². The molecule has 1 aliphatic heterocycles. The number of carbonyl (C=O) groups is 1. The molecule has 7 heteroatoms. The van der Waals surface area contributed by atoms with Gasteiger partial charge in [0.15, 0.2) is 0 Å². The second-order valence-corrected chi connectivity index (χ2v) is 8.56. The summed E-state index contributed by atoms with van der Waals surface area (Å²) in [6.45, 7) is 10.5. The minimum absolute atomic E-state index is 0.154. The molecule has 4 rings (SSSR count). The summed E-state index contributed by atoms with van der Waals surface area (Å²) in [5.41, 5.74) is 4.68. The summed E-state index contributed by atoms with van der Waals surface area (Å²) in [4.78, 5) is 30.8. The third-order valence-electron chi connectivity index (χ3n) is 6.45. The topological polar surface area (TPSA) is 78.8 Å². The maximum Gasteiger partial charge on any atom is 0.253 e. The van der Waals surface area contributed by atoms with E-state index in [-0.39, 0.29) is 18.0 Å². The molecule has 1 saturated heterocycles. The quantitative estimate of drug-likeness (QED) is 0.620. The molecule has 0 unspecified atom stereocenters. The van der Waals surface area contributed by atoms with Gasteiger partial charge in [0.2, 0.25) is 0 Å². The van der Waals surface area contributed by atoms with E-state index >= 15 is 0 Å². The molecule has 0 radical (unpaired) electrons. The van der Waals surface area contributed by atoms with Crippen LogP contribution in [0, 0.1) is 20.8 Å². The fraction of sp³-hybridized carbons (Fsp3) is 0.440. The Labute approximate surface area is 188 Å². The van der Waals surface area contributed by atoms with E-state index in [1.807, 2.05) is 45.0 Å². The monoisotopic (exact) mass is 436 g/mol. The van der Waals surface area contributed by atoms with Crippen LogP contribution >= 0.6 is 0 Å². The van der Waals surface area contributed by atoms with Crippen molar-refractivity contribution >= 4 is 17.2 Å². The van der Waals surface area contributed by atoms with Gasteiger partial charge < -0.3 is 24.3 Å². The van der Waals surface area contributed by atoms with E-state index in [1.165, 1.54) is 0 Å². The molecular formula is C25H32N4O3. The smallest absolute Gasteiger partial charge is 0.253 e. The average Bonchev–Trinajstić information content (AvgIpc) is 3.23. The van der Waals surface area contributed by atoms with Crippen LogP contribution in [0.2, 0.25) is 0 Å². The highest BCUT2D eigenvalue weighted by Gasteiger charge is 2.26. The highest BCUT2D eigenvalue weighted by Crippen LogP contribution is 2.30. The Bertz CT molecular complexity index is 1190. The molecule has 1 fully saturated rings. The van der Waals surface area contributed by atoms with Gasteiger partial charge in [-0.15, -0.1) is 0 Å². The Morgan fingerprint density at radius 2 is 2.00 bits per heavy atom. The van der Waals surface area contributed by atoms with Crippen LogP contribution in [0.15, 0.2) is 35.3 Å². The molecule has 1 aliphatic rings. The van der Waals surface area contributed by atoms with Gasteiger partial charge in [-0.05, 0) is 70.4 Å². The zero-order valence-electron chi connectivity index (χ0n) is 19.3. The Morgan fingerprint density at radius 3 is 2.69 bits per heavy atom. The van der Waals surface area contributed by atoms with Crippen LogP contribution in [0.1, 0.15) is 52.5 Å². The van der Waals surface area contributed by atoms with Crippen LogP contribution in [-0.2, 0) is 11.3 Å². The van der Waals surface area contributed by atoms with E-state index in [0.29, 0.717) is 17.2 Å². The number of hydrogen-bond donors (Lipinski definition) is 2. The Morgan fingerprint density at radius 1 is 1.25 bits per heavy atom. The molecule has 0 saturated carbocycles. The molecule has 32 heavy (non-hydrogen) atoms. The Hall–Kier alpha value is -3.06. The Kier molecular flexibility index (Phi) is 6.37. The van der Waals surface area contributed by atoms with Gasteiger partial charge >= 0.3 is 0 Å². The van der Waals surface area contributed by atoms with E-state index in [4.69, 9.17) is 4.74 Å². The van der Waals surface area contributed by atoms with Crippen LogP contribution in [0.5, 0.6) is 0 Å². The van der Waals surface area contributed by atoms with Gasteiger partial charge in [0.05, 0.1) is 0 Å². The molecule has 0 aromatic carbocycles. The SMILES string of the molecule is CCN(c1c(C)c(C(=O)NCc2c(C)cc(C)[nH]c2=O)cc2cccn12)C1CCOCC1. The fourth-order valence-electron chi connectivity index (χ4n) is 4.79. The molecule has 3 aromatic rings. The molecule has 7 nitrogen and oxygen atoms in total. The lowest BCUT2D eigenvalue weighted by Gasteiger charge is -2.37. The lowest BCUT2D eigenvalue weighted by atomic mass is 10.0. The lowest BCUT2D eigenvalue weighted by molar-refractivity contribution is 0.0844. The van der Waals surface area contributed by atoms with Crippen molar-refractivity contribution in [2.45, 2.75) is 53.1 Å². The highest BCUT2D eigenvalue weighted by atomic mass is 16.5. The number of nitrogens with zero attached hydrogens (tertiary/aromatic N) is 2. The maximum atomic E-state index is 13.3. The molecule has 1 amide bonds. The molecule has 0 atom stereocenters. The molecule has 3 aromatic heterocycles. The van der Waals surface area contributed by atoms with Crippen molar-refractivity contribution in [3.8, 4) is 0 Å². The number of aryl methyl sites for hydroxylation is 2. The van der Waals surface area contributed by atoms with E-state index in [2.05, 4.69) is 32.7 Å².